The molecule has 0 radical (unpaired) electrons. The average molecular weight is 258 g/mol. The van der Waals surface area contributed by atoms with Gasteiger partial charge in [-0.1, -0.05) is 26.0 Å². The molecule has 1 heterocycles. The molecule has 0 aliphatic rings. The molecule has 0 atom stereocenters. The summed E-state index contributed by atoms with van der Waals surface area (Å²) < 4.78 is 1.81. The second-order valence-corrected chi connectivity index (χ2v) is 5.37. The van der Waals surface area contributed by atoms with Crippen molar-refractivity contribution in [3.8, 4) is 0 Å². The Hall–Kier alpha value is -1.97. The largest absolute Gasteiger partial charge is 0.394 e. The Morgan fingerprint density at radius 2 is 1.95 bits per heavy atom. The van der Waals surface area contributed by atoms with Crippen LogP contribution in [-0.4, -0.2) is 9.78 Å². The number of nitrogen functional groups attached to an aromatic ring is 1. The summed E-state index contributed by atoms with van der Waals surface area (Å²) in [6.07, 6.45) is 0. The summed E-state index contributed by atoms with van der Waals surface area (Å²) in [4.78, 5) is 0. The summed E-state index contributed by atoms with van der Waals surface area (Å²) in [6.45, 7) is 8.36. The summed E-state index contributed by atoms with van der Waals surface area (Å²) >= 11 is 0. The van der Waals surface area contributed by atoms with E-state index < -0.39 is 0 Å². The van der Waals surface area contributed by atoms with Crippen LogP contribution in [0.3, 0.4) is 0 Å². The van der Waals surface area contributed by atoms with Crippen molar-refractivity contribution < 1.29 is 0 Å². The van der Waals surface area contributed by atoms with Gasteiger partial charge in [0, 0.05) is 12.7 Å². The van der Waals surface area contributed by atoms with E-state index >= 15 is 0 Å². The predicted octanol–water partition coefficient (Wildman–Crippen LogP) is 3.49. The van der Waals surface area contributed by atoms with Crippen LogP contribution >= 0.6 is 0 Å². The van der Waals surface area contributed by atoms with E-state index in [4.69, 9.17) is 5.73 Å². The lowest BCUT2D eigenvalue weighted by Crippen LogP contribution is -2.02. The lowest BCUT2D eigenvalue weighted by atomic mass is 10.1. The van der Waals surface area contributed by atoms with Gasteiger partial charge in [0.2, 0.25) is 0 Å². The number of hydrogen-bond acceptors (Lipinski definition) is 3. The van der Waals surface area contributed by atoms with Gasteiger partial charge in [0.15, 0.2) is 5.82 Å². The Balaban J connectivity index is 2.41. The Morgan fingerprint density at radius 1 is 1.26 bits per heavy atom. The van der Waals surface area contributed by atoms with E-state index in [0.29, 0.717) is 5.92 Å². The maximum absolute atomic E-state index is 6.20. The van der Waals surface area contributed by atoms with E-state index in [-0.39, 0.29) is 0 Å². The first kappa shape index (κ1) is 13.5. The van der Waals surface area contributed by atoms with E-state index in [9.17, 15) is 0 Å². The fourth-order valence-corrected chi connectivity index (χ4v) is 2.13. The minimum atomic E-state index is 0.320. The van der Waals surface area contributed by atoms with Crippen LogP contribution in [0.2, 0.25) is 0 Å². The van der Waals surface area contributed by atoms with Crippen molar-refractivity contribution in [2.24, 2.45) is 7.05 Å². The van der Waals surface area contributed by atoms with E-state index in [2.05, 4.69) is 56.3 Å². The van der Waals surface area contributed by atoms with Crippen molar-refractivity contribution in [1.29, 1.82) is 0 Å². The molecular weight excluding hydrogens is 236 g/mol. The second kappa shape index (κ2) is 4.96. The third-order valence-corrected chi connectivity index (χ3v) is 3.31. The molecule has 19 heavy (non-hydrogen) atoms. The standard InChI is InChI=1S/C15H22N4/c1-9(2)14-13(16)15(19(5)18-14)17-12-8-10(3)6-7-11(12)4/h6-9,17H,16H2,1-5H3. The Labute approximate surface area is 114 Å². The van der Waals surface area contributed by atoms with Gasteiger partial charge in [0.1, 0.15) is 0 Å². The van der Waals surface area contributed by atoms with Gasteiger partial charge < -0.3 is 11.1 Å². The van der Waals surface area contributed by atoms with Crippen molar-refractivity contribution in [3.63, 3.8) is 0 Å². The number of aryl methyl sites for hydroxylation is 3. The quantitative estimate of drug-likeness (QED) is 0.886. The normalized spacial score (nSPS) is 11.1. The molecule has 2 aromatic rings. The van der Waals surface area contributed by atoms with Crippen LogP contribution in [0.25, 0.3) is 0 Å². The van der Waals surface area contributed by atoms with Gasteiger partial charge in [-0.2, -0.15) is 5.10 Å². The zero-order valence-corrected chi connectivity index (χ0v) is 12.3. The molecule has 102 valence electrons. The first-order valence-corrected chi connectivity index (χ1v) is 6.56. The Kier molecular flexibility index (Phi) is 3.51. The summed E-state index contributed by atoms with van der Waals surface area (Å²) in [5.41, 5.74) is 11.4. The average Bonchev–Trinajstić information content (AvgIpc) is 2.62. The number of nitrogens with two attached hydrogens (primary N) is 1. The number of hydrogen-bond donors (Lipinski definition) is 2. The fraction of sp³-hybridized carbons (Fsp3) is 0.400. The molecule has 0 saturated carbocycles. The van der Waals surface area contributed by atoms with Crippen LogP contribution in [0.5, 0.6) is 0 Å². The lowest BCUT2D eigenvalue weighted by Gasteiger charge is -2.11. The molecule has 0 amide bonds. The van der Waals surface area contributed by atoms with Crippen LogP contribution in [0.15, 0.2) is 18.2 Å². The van der Waals surface area contributed by atoms with Crippen molar-refractivity contribution >= 4 is 17.2 Å². The van der Waals surface area contributed by atoms with Gasteiger partial charge in [-0.15, -0.1) is 0 Å². The second-order valence-electron chi connectivity index (χ2n) is 5.37. The highest BCUT2D eigenvalue weighted by molar-refractivity contribution is 5.73. The van der Waals surface area contributed by atoms with Crippen LogP contribution in [0, 0.1) is 13.8 Å². The monoisotopic (exact) mass is 258 g/mol. The van der Waals surface area contributed by atoms with Crippen LogP contribution in [0.4, 0.5) is 17.2 Å². The molecule has 3 N–H and O–H groups in total. The molecule has 0 aliphatic heterocycles. The van der Waals surface area contributed by atoms with Crippen LogP contribution in [-0.2, 0) is 7.05 Å². The number of aromatic nitrogens is 2. The molecular formula is C15H22N4. The summed E-state index contributed by atoms with van der Waals surface area (Å²) in [5, 5.41) is 7.89. The maximum atomic E-state index is 6.20. The molecule has 1 aromatic carbocycles. The number of anilines is 3. The minimum Gasteiger partial charge on any atom is -0.394 e. The zero-order valence-electron chi connectivity index (χ0n) is 12.3. The highest BCUT2D eigenvalue weighted by atomic mass is 15.3. The van der Waals surface area contributed by atoms with Crippen LogP contribution < -0.4 is 11.1 Å². The number of benzene rings is 1. The lowest BCUT2D eigenvalue weighted by molar-refractivity contribution is 0.718. The van der Waals surface area contributed by atoms with Crippen molar-refractivity contribution in [1.82, 2.24) is 9.78 Å². The molecule has 0 spiro atoms. The predicted molar refractivity (Wildman–Crippen MR) is 80.9 cm³/mol. The highest BCUT2D eigenvalue weighted by Crippen LogP contribution is 2.31. The highest BCUT2D eigenvalue weighted by Gasteiger charge is 2.16. The summed E-state index contributed by atoms with van der Waals surface area (Å²) in [5.74, 6) is 1.18. The molecule has 0 saturated heterocycles. The van der Waals surface area contributed by atoms with Gasteiger partial charge >= 0.3 is 0 Å². The van der Waals surface area contributed by atoms with Crippen molar-refractivity contribution in [2.45, 2.75) is 33.6 Å². The summed E-state index contributed by atoms with van der Waals surface area (Å²) in [6, 6.07) is 6.33. The molecule has 0 aliphatic carbocycles. The fourth-order valence-electron chi connectivity index (χ4n) is 2.13. The third kappa shape index (κ3) is 2.57. The van der Waals surface area contributed by atoms with Crippen molar-refractivity contribution in [3.05, 3.63) is 35.0 Å². The topological polar surface area (TPSA) is 55.9 Å². The van der Waals surface area contributed by atoms with E-state index in [1.165, 1.54) is 11.1 Å². The zero-order chi connectivity index (χ0) is 14.2. The van der Waals surface area contributed by atoms with Crippen LogP contribution in [0.1, 0.15) is 36.6 Å². The van der Waals surface area contributed by atoms with E-state index in [0.717, 1.165) is 22.9 Å². The number of nitrogens with one attached hydrogen (secondary N) is 1. The molecule has 1 aromatic heterocycles. The van der Waals surface area contributed by atoms with Gasteiger partial charge in [-0.05, 0) is 37.0 Å². The molecule has 4 heteroatoms. The smallest absolute Gasteiger partial charge is 0.152 e. The Bertz CT molecular complexity index is 596. The minimum absolute atomic E-state index is 0.320. The van der Waals surface area contributed by atoms with Gasteiger partial charge in [0.05, 0.1) is 11.4 Å². The van der Waals surface area contributed by atoms with E-state index in [1.807, 2.05) is 11.7 Å². The van der Waals surface area contributed by atoms with Gasteiger partial charge in [-0.3, -0.25) is 4.68 Å². The molecule has 0 bridgehead atoms. The molecule has 4 nitrogen and oxygen atoms in total. The molecule has 0 unspecified atom stereocenters. The van der Waals surface area contributed by atoms with Crippen molar-refractivity contribution in [2.75, 3.05) is 11.1 Å². The number of nitrogens with zero attached hydrogens (tertiary/aromatic N) is 2. The first-order valence-electron chi connectivity index (χ1n) is 6.56. The number of rotatable bonds is 3. The summed E-state index contributed by atoms with van der Waals surface area (Å²) in [7, 11) is 1.91. The molecule has 0 fully saturated rings. The third-order valence-electron chi connectivity index (χ3n) is 3.31. The maximum Gasteiger partial charge on any atom is 0.152 e. The SMILES string of the molecule is Cc1ccc(C)c(Nc2c(N)c(C(C)C)nn2C)c1. The van der Waals surface area contributed by atoms with Gasteiger partial charge in [-0.25, -0.2) is 0 Å². The first-order chi connectivity index (χ1) is 8.90. The molecule has 2 rings (SSSR count). The Morgan fingerprint density at radius 3 is 2.53 bits per heavy atom. The van der Waals surface area contributed by atoms with Gasteiger partial charge in [0.25, 0.3) is 0 Å². The van der Waals surface area contributed by atoms with E-state index in [1.54, 1.807) is 0 Å².